The van der Waals surface area contributed by atoms with Gasteiger partial charge in [-0.2, -0.15) is 0 Å². The van der Waals surface area contributed by atoms with Gasteiger partial charge in [0.05, 0.1) is 16.0 Å². The molecule has 0 amide bonds. The molecule has 0 saturated heterocycles. The van der Waals surface area contributed by atoms with Gasteiger partial charge in [-0.15, -0.1) is 0 Å². The molecule has 0 radical (unpaired) electrons. The quantitative estimate of drug-likeness (QED) is 0.387. The van der Waals surface area contributed by atoms with Crippen LogP contribution >= 0.6 is 0 Å². The summed E-state index contributed by atoms with van der Waals surface area (Å²) >= 11 is 0. The fraction of sp³-hybridized carbons (Fsp3) is 0.0500. The Bertz CT molecular complexity index is 1070. The minimum absolute atomic E-state index is 0.0426. The van der Waals surface area contributed by atoms with Crippen LogP contribution in [0.2, 0.25) is 0 Å². The molecule has 0 fully saturated rings. The SMILES string of the molecule is CN(c1ccc(Nc2ccccc2[N+](=O)[O-])cc1)c1nc2ccccc2[nH]1. The summed E-state index contributed by atoms with van der Waals surface area (Å²) in [5.41, 5.74) is 4.11. The topological polar surface area (TPSA) is 87.1 Å². The van der Waals surface area contributed by atoms with Gasteiger partial charge in [0, 0.05) is 24.5 Å². The molecule has 1 aromatic heterocycles. The van der Waals surface area contributed by atoms with Crippen molar-refractivity contribution in [1.82, 2.24) is 9.97 Å². The third kappa shape index (κ3) is 3.30. The van der Waals surface area contributed by atoms with E-state index in [2.05, 4.69) is 15.3 Å². The minimum Gasteiger partial charge on any atom is -0.350 e. The maximum Gasteiger partial charge on any atom is 0.292 e. The summed E-state index contributed by atoms with van der Waals surface area (Å²) in [6.45, 7) is 0. The van der Waals surface area contributed by atoms with Gasteiger partial charge in [-0.3, -0.25) is 10.1 Å². The molecule has 7 nitrogen and oxygen atoms in total. The van der Waals surface area contributed by atoms with Crippen molar-refractivity contribution in [1.29, 1.82) is 0 Å². The molecule has 3 aromatic carbocycles. The number of anilines is 4. The Morgan fingerprint density at radius 1 is 1.00 bits per heavy atom. The molecule has 0 bridgehead atoms. The molecular formula is C20H17N5O2. The highest BCUT2D eigenvalue weighted by molar-refractivity contribution is 5.79. The highest BCUT2D eigenvalue weighted by atomic mass is 16.6. The molecule has 1 heterocycles. The number of para-hydroxylation sites is 4. The van der Waals surface area contributed by atoms with Crippen molar-refractivity contribution in [2.45, 2.75) is 0 Å². The lowest BCUT2D eigenvalue weighted by Crippen LogP contribution is -2.10. The number of nitro groups is 1. The number of rotatable bonds is 5. The maximum absolute atomic E-state index is 11.1. The summed E-state index contributed by atoms with van der Waals surface area (Å²) in [7, 11) is 1.93. The Kier molecular flexibility index (Phi) is 4.18. The number of nitro benzene ring substituents is 1. The molecule has 0 spiro atoms. The van der Waals surface area contributed by atoms with Crippen LogP contribution < -0.4 is 10.2 Å². The number of nitrogens with zero attached hydrogens (tertiary/aromatic N) is 3. The first-order valence-corrected chi connectivity index (χ1v) is 8.41. The average molecular weight is 359 g/mol. The number of aromatic amines is 1. The van der Waals surface area contributed by atoms with Crippen LogP contribution in [0.4, 0.5) is 28.7 Å². The highest BCUT2D eigenvalue weighted by Crippen LogP contribution is 2.29. The van der Waals surface area contributed by atoms with Crippen molar-refractivity contribution in [2.75, 3.05) is 17.3 Å². The van der Waals surface area contributed by atoms with Crippen molar-refractivity contribution < 1.29 is 4.92 Å². The van der Waals surface area contributed by atoms with Gasteiger partial charge in [0.25, 0.3) is 5.69 Å². The molecule has 0 aliphatic heterocycles. The summed E-state index contributed by atoms with van der Waals surface area (Å²) in [5, 5.41) is 14.2. The van der Waals surface area contributed by atoms with E-state index in [4.69, 9.17) is 0 Å². The number of benzene rings is 3. The van der Waals surface area contributed by atoms with E-state index in [1.165, 1.54) is 6.07 Å². The normalized spacial score (nSPS) is 10.7. The average Bonchev–Trinajstić information content (AvgIpc) is 3.12. The lowest BCUT2D eigenvalue weighted by atomic mass is 10.2. The molecule has 0 aliphatic rings. The van der Waals surface area contributed by atoms with E-state index < -0.39 is 4.92 Å². The zero-order valence-electron chi connectivity index (χ0n) is 14.6. The molecular weight excluding hydrogens is 342 g/mol. The van der Waals surface area contributed by atoms with Crippen LogP contribution in [-0.4, -0.2) is 21.9 Å². The molecule has 27 heavy (non-hydrogen) atoms. The van der Waals surface area contributed by atoms with Crippen LogP contribution in [0.5, 0.6) is 0 Å². The smallest absolute Gasteiger partial charge is 0.292 e. The van der Waals surface area contributed by atoms with Gasteiger partial charge in [-0.1, -0.05) is 24.3 Å². The van der Waals surface area contributed by atoms with Crippen molar-refractivity contribution in [3.8, 4) is 0 Å². The molecule has 0 aliphatic carbocycles. The lowest BCUT2D eigenvalue weighted by molar-refractivity contribution is -0.383. The fourth-order valence-electron chi connectivity index (χ4n) is 2.88. The summed E-state index contributed by atoms with van der Waals surface area (Å²) in [4.78, 5) is 20.6. The number of nitrogens with one attached hydrogen (secondary N) is 2. The summed E-state index contributed by atoms with van der Waals surface area (Å²) < 4.78 is 0. The van der Waals surface area contributed by atoms with Crippen molar-refractivity contribution >= 4 is 39.7 Å². The monoisotopic (exact) mass is 359 g/mol. The number of imidazole rings is 1. The van der Waals surface area contributed by atoms with Gasteiger partial charge in [0.2, 0.25) is 5.95 Å². The zero-order chi connectivity index (χ0) is 18.8. The molecule has 134 valence electrons. The van der Waals surface area contributed by atoms with E-state index in [9.17, 15) is 10.1 Å². The first kappa shape index (κ1) is 16.6. The van der Waals surface area contributed by atoms with E-state index in [0.717, 1.165) is 28.4 Å². The second-order valence-electron chi connectivity index (χ2n) is 6.08. The standard InChI is InChI=1S/C20H17N5O2/c1-24(20-22-16-6-2-3-7-17(16)23-20)15-12-10-14(11-13-15)21-18-8-4-5-9-19(18)25(26)27/h2-13,21H,1H3,(H,22,23). The molecule has 4 rings (SSSR count). The zero-order valence-corrected chi connectivity index (χ0v) is 14.6. The number of H-pyrrole nitrogens is 1. The Morgan fingerprint density at radius 2 is 1.70 bits per heavy atom. The largest absolute Gasteiger partial charge is 0.350 e. The van der Waals surface area contributed by atoms with Gasteiger partial charge < -0.3 is 15.2 Å². The van der Waals surface area contributed by atoms with E-state index in [1.54, 1.807) is 18.2 Å². The molecule has 7 heteroatoms. The van der Waals surface area contributed by atoms with Crippen molar-refractivity contribution in [3.63, 3.8) is 0 Å². The van der Waals surface area contributed by atoms with Gasteiger partial charge in [0.15, 0.2) is 0 Å². The Hall–Kier alpha value is -3.87. The maximum atomic E-state index is 11.1. The van der Waals surface area contributed by atoms with E-state index in [-0.39, 0.29) is 5.69 Å². The number of aromatic nitrogens is 2. The number of fused-ring (bicyclic) bond motifs is 1. The van der Waals surface area contributed by atoms with Crippen LogP contribution in [0.15, 0.2) is 72.8 Å². The fourth-order valence-corrected chi connectivity index (χ4v) is 2.88. The third-order valence-electron chi connectivity index (χ3n) is 4.33. The van der Waals surface area contributed by atoms with Crippen LogP contribution in [0.1, 0.15) is 0 Å². The van der Waals surface area contributed by atoms with Crippen LogP contribution in [0.3, 0.4) is 0 Å². The predicted molar refractivity (Wildman–Crippen MR) is 107 cm³/mol. The van der Waals surface area contributed by atoms with Crippen molar-refractivity contribution in [3.05, 3.63) is 82.9 Å². The Morgan fingerprint density at radius 3 is 2.44 bits per heavy atom. The van der Waals surface area contributed by atoms with Crippen molar-refractivity contribution in [2.24, 2.45) is 0 Å². The highest BCUT2D eigenvalue weighted by Gasteiger charge is 2.13. The second kappa shape index (κ2) is 6.80. The molecule has 2 N–H and O–H groups in total. The number of hydrogen-bond donors (Lipinski definition) is 2. The van der Waals surface area contributed by atoms with Gasteiger partial charge in [0.1, 0.15) is 5.69 Å². The van der Waals surface area contributed by atoms with Gasteiger partial charge in [-0.05, 0) is 42.5 Å². The van der Waals surface area contributed by atoms with Gasteiger partial charge in [-0.25, -0.2) is 4.98 Å². The molecule has 0 unspecified atom stereocenters. The van der Waals surface area contributed by atoms with Crippen LogP contribution in [-0.2, 0) is 0 Å². The first-order valence-electron chi connectivity index (χ1n) is 8.41. The van der Waals surface area contributed by atoms with E-state index >= 15 is 0 Å². The predicted octanol–water partition coefficient (Wildman–Crippen LogP) is 4.98. The van der Waals surface area contributed by atoms with E-state index in [0.29, 0.717) is 5.69 Å². The third-order valence-corrected chi connectivity index (χ3v) is 4.33. The minimum atomic E-state index is -0.397. The number of hydrogen-bond acceptors (Lipinski definition) is 5. The Balaban J connectivity index is 1.56. The van der Waals surface area contributed by atoms with Gasteiger partial charge >= 0.3 is 0 Å². The Labute approximate surface area is 155 Å². The molecule has 0 saturated carbocycles. The summed E-state index contributed by atoms with van der Waals surface area (Å²) in [5.74, 6) is 0.746. The van der Waals surface area contributed by atoms with Crippen LogP contribution in [0.25, 0.3) is 11.0 Å². The van der Waals surface area contributed by atoms with E-state index in [1.807, 2.05) is 60.5 Å². The lowest BCUT2D eigenvalue weighted by Gasteiger charge is -2.16. The summed E-state index contributed by atoms with van der Waals surface area (Å²) in [6.07, 6.45) is 0. The molecule has 0 atom stereocenters. The molecule has 4 aromatic rings. The summed E-state index contributed by atoms with van der Waals surface area (Å²) in [6, 6.07) is 22.1. The van der Waals surface area contributed by atoms with Crippen LogP contribution in [0, 0.1) is 10.1 Å². The second-order valence-corrected chi connectivity index (χ2v) is 6.08. The first-order chi connectivity index (χ1) is 13.1.